The van der Waals surface area contributed by atoms with E-state index in [1.165, 1.54) is 23.9 Å². The monoisotopic (exact) mass is 363 g/mol. The number of hydrogen-bond donors (Lipinski definition) is 1. The minimum Gasteiger partial charge on any atom is -0.493 e. The van der Waals surface area contributed by atoms with E-state index in [4.69, 9.17) is 4.74 Å². The summed E-state index contributed by atoms with van der Waals surface area (Å²) in [6.07, 6.45) is 2.43. The number of halogens is 1. The molecule has 3 aromatic rings. The van der Waals surface area contributed by atoms with Crippen LogP contribution in [0, 0.1) is 11.2 Å². The summed E-state index contributed by atoms with van der Waals surface area (Å²) in [6.45, 7) is 1.91. The molecule has 1 amide bonds. The first-order chi connectivity index (χ1) is 13.1. The van der Waals surface area contributed by atoms with Crippen LogP contribution in [0.2, 0.25) is 0 Å². The topological polar surface area (TPSA) is 58.2 Å². The lowest BCUT2D eigenvalue weighted by atomic mass is 9.73. The van der Waals surface area contributed by atoms with E-state index in [9.17, 15) is 9.18 Å². The third-order valence-corrected chi connectivity index (χ3v) is 5.39. The van der Waals surface area contributed by atoms with Crippen LogP contribution in [0.4, 0.5) is 4.39 Å². The summed E-state index contributed by atoms with van der Waals surface area (Å²) >= 11 is 0. The van der Waals surface area contributed by atoms with Crippen molar-refractivity contribution in [2.24, 2.45) is 5.41 Å². The Morgan fingerprint density at radius 2 is 2.04 bits per heavy atom. The van der Waals surface area contributed by atoms with E-state index in [1.807, 2.05) is 23.1 Å². The Labute approximate surface area is 155 Å². The fourth-order valence-corrected chi connectivity index (χ4v) is 4.07. The van der Waals surface area contributed by atoms with Crippen molar-refractivity contribution in [2.75, 3.05) is 19.7 Å². The molecule has 1 N–H and O–H groups in total. The number of para-hydroxylation sites is 1. The van der Waals surface area contributed by atoms with Crippen LogP contribution in [-0.4, -0.2) is 40.7 Å². The van der Waals surface area contributed by atoms with Crippen molar-refractivity contribution in [1.29, 1.82) is 0 Å². The SMILES string of the molecule is O=C(c1cn[nH]c1-c1cccc(F)c1)N1CC2(COc3ccccc3C2)C1. The van der Waals surface area contributed by atoms with Crippen molar-refractivity contribution in [2.45, 2.75) is 6.42 Å². The van der Waals surface area contributed by atoms with Gasteiger partial charge in [0.05, 0.1) is 24.1 Å². The second-order valence-electron chi connectivity index (χ2n) is 7.40. The average molecular weight is 363 g/mol. The molecular weight excluding hydrogens is 345 g/mol. The number of ether oxygens (including phenoxy) is 1. The van der Waals surface area contributed by atoms with Gasteiger partial charge >= 0.3 is 0 Å². The molecule has 0 bridgehead atoms. The van der Waals surface area contributed by atoms with E-state index in [0.717, 1.165) is 12.2 Å². The van der Waals surface area contributed by atoms with Gasteiger partial charge in [-0.1, -0.05) is 30.3 Å². The fourth-order valence-electron chi connectivity index (χ4n) is 4.07. The highest BCUT2D eigenvalue weighted by Gasteiger charge is 2.48. The summed E-state index contributed by atoms with van der Waals surface area (Å²) in [5, 5.41) is 6.83. The minimum absolute atomic E-state index is 0.0211. The van der Waals surface area contributed by atoms with Crippen LogP contribution in [0.5, 0.6) is 5.75 Å². The quantitative estimate of drug-likeness (QED) is 0.760. The molecule has 2 aliphatic heterocycles. The third-order valence-electron chi connectivity index (χ3n) is 5.39. The van der Waals surface area contributed by atoms with Crippen LogP contribution in [0.15, 0.2) is 54.7 Å². The van der Waals surface area contributed by atoms with Crippen molar-refractivity contribution in [3.05, 3.63) is 71.7 Å². The van der Waals surface area contributed by atoms with Gasteiger partial charge in [-0.2, -0.15) is 5.10 Å². The van der Waals surface area contributed by atoms with E-state index in [0.29, 0.717) is 36.5 Å². The summed E-state index contributed by atoms with van der Waals surface area (Å²) in [5.41, 5.74) is 2.80. The number of aromatic nitrogens is 2. The molecule has 0 saturated carbocycles. The molecule has 5 nitrogen and oxygen atoms in total. The van der Waals surface area contributed by atoms with Gasteiger partial charge < -0.3 is 9.64 Å². The van der Waals surface area contributed by atoms with Crippen LogP contribution < -0.4 is 4.74 Å². The standard InChI is InChI=1S/C21H18FN3O2/c22-16-6-3-5-14(8-16)19-17(10-23-24-19)20(26)25-11-21(12-25)9-15-4-1-2-7-18(15)27-13-21/h1-8,10H,9,11-13H2,(H,23,24). The molecule has 2 aromatic carbocycles. The maximum Gasteiger partial charge on any atom is 0.257 e. The number of H-pyrrole nitrogens is 1. The lowest BCUT2D eigenvalue weighted by molar-refractivity contribution is -0.0290. The Bertz CT molecular complexity index is 1020. The Kier molecular flexibility index (Phi) is 3.53. The second kappa shape index (κ2) is 5.94. The van der Waals surface area contributed by atoms with Crippen LogP contribution in [0.25, 0.3) is 11.3 Å². The predicted octanol–water partition coefficient (Wildman–Crippen LogP) is 3.29. The first-order valence-corrected chi connectivity index (χ1v) is 8.93. The molecule has 5 rings (SSSR count). The maximum atomic E-state index is 13.5. The fraction of sp³-hybridized carbons (Fsp3) is 0.238. The molecule has 27 heavy (non-hydrogen) atoms. The molecule has 6 heteroatoms. The molecule has 0 radical (unpaired) electrons. The van der Waals surface area contributed by atoms with Gasteiger partial charge in [0.25, 0.3) is 5.91 Å². The van der Waals surface area contributed by atoms with Crippen molar-refractivity contribution in [3.8, 4) is 17.0 Å². The predicted molar refractivity (Wildman–Crippen MR) is 98.0 cm³/mol. The number of nitrogens with zero attached hydrogens (tertiary/aromatic N) is 2. The van der Waals surface area contributed by atoms with Gasteiger partial charge in [0.2, 0.25) is 0 Å². The number of amides is 1. The smallest absolute Gasteiger partial charge is 0.257 e. The van der Waals surface area contributed by atoms with Crippen LogP contribution >= 0.6 is 0 Å². The highest BCUT2D eigenvalue weighted by atomic mass is 19.1. The number of rotatable bonds is 2. The van der Waals surface area contributed by atoms with E-state index >= 15 is 0 Å². The van der Waals surface area contributed by atoms with E-state index in [1.54, 1.807) is 12.1 Å². The number of likely N-dealkylation sites (tertiary alicyclic amines) is 1. The summed E-state index contributed by atoms with van der Waals surface area (Å²) in [6, 6.07) is 14.2. The molecule has 2 aliphatic rings. The number of hydrogen-bond acceptors (Lipinski definition) is 3. The van der Waals surface area contributed by atoms with Gasteiger partial charge in [-0.25, -0.2) is 4.39 Å². The number of fused-ring (bicyclic) bond motifs is 1. The van der Waals surface area contributed by atoms with Crippen LogP contribution in [-0.2, 0) is 6.42 Å². The zero-order valence-electron chi connectivity index (χ0n) is 14.6. The Morgan fingerprint density at radius 3 is 2.89 bits per heavy atom. The minimum atomic E-state index is -0.346. The van der Waals surface area contributed by atoms with E-state index in [2.05, 4.69) is 16.3 Å². The van der Waals surface area contributed by atoms with Crippen molar-refractivity contribution in [1.82, 2.24) is 15.1 Å². The van der Waals surface area contributed by atoms with Crippen molar-refractivity contribution in [3.63, 3.8) is 0 Å². The lowest BCUT2D eigenvalue weighted by Crippen LogP contribution is -2.62. The molecule has 0 unspecified atom stereocenters. The molecule has 1 aromatic heterocycles. The molecule has 0 aliphatic carbocycles. The molecule has 1 fully saturated rings. The van der Waals surface area contributed by atoms with Crippen LogP contribution in [0.3, 0.4) is 0 Å². The molecule has 1 saturated heterocycles. The number of carbonyl (C=O) groups is 1. The van der Waals surface area contributed by atoms with Gasteiger partial charge in [0.15, 0.2) is 0 Å². The number of nitrogens with one attached hydrogen (secondary N) is 1. The summed E-state index contributed by atoms with van der Waals surface area (Å²) < 4.78 is 19.5. The maximum absolute atomic E-state index is 13.5. The van der Waals surface area contributed by atoms with Crippen molar-refractivity contribution < 1.29 is 13.9 Å². The summed E-state index contributed by atoms with van der Waals surface area (Å²) in [4.78, 5) is 14.8. The highest BCUT2D eigenvalue weighted by molar-refractivity contribution is 6.00. The molecule has 0 atom stereocenters. The Balaban J connectivity index is 1.34. The van der Waals surface area contributed by atoms with Gasteiger partial charge in [-0.05, 0) is 30.2 Å². The lowest BCUT2D eigenvalue weighted by Gasteiger charge is -2.51. The summed E-state index contributed by atoms with van der Waals surface area (Å²) in [7, 11) is 0. The Morgan fingerprint density at radius 1 is 1.19 bits per heavy atom. The van der Waals surface area contributed by atoms with Gasteiger partial charge in [0.1, 0.15) is 11.6 Å². The first kappa shape index (κ1) is 16.1. The number of carbonyl (C=O) groups excluding carboxylic acids is 1. The number of aromatic amines is 1. The van der Waals surface area contributed by atoms with Gasteiger partial charge in [-0.3, -0.25) is 9.89 Å². The molecule has 136 valence electrons. The molecule has 1 spiro atoms. The second-order valence-corrected chi connectivity index (χ2v) is 7.40. The first-order valence-electron chi connectivity index (χ1n) is 8.93. The van der Waals surface area contributed by atoms with Gasteiger partial charge in [0, 0.05) is 24.1 Å². The Hall–Kier alpha value is -3.15. The van der Waals surface area contributed by atoms with Gasteiger partial charge in [-0.15, -0.1) is 0 Å². The summed E-state index contributed by atoms with van der Waals surface area (Å²) in [5.74, 6) is 0.505. The highest BCUT2D eigenvalue weighted by Crippen LogP contribution is 2.41. The van der Waals surface area contributed by atoms with E-state index in [-0.39, 0.29) is 17.1 Å². The van der Waals surface area contributed by atoms with Crippen molar-refractivity contribution >= 4 is 5.91 Å². The normalized spacial score (nSPS) is 17.1. The third kappa shape index (κ3) is 2.68. The van der Waals surface area contributed by atoms with E-state index < -0.39 is 0 Å². The zero-order chi connectivity index (χ0) is 18.4. The number of benzene rings is 2. The largest absolute Gasteiger partial charge is 0.493 e. The molecular formula is C21H18FN3O2. The average Bonchev–Trinajstić information content (AvgIpc) is 3.15. The molecule has 3 heterocycles. The zero-order valence-corrected chi connectivity index (χ0v) is 14.6. The van der Waals surface area contributed by atoms with Crippen LogP contribution in [0.1, 0.15) is 15.9 Å².